The Morgan fingerprint density at radius 1 is 1.04 bits per heavy atom. The third-order valence-electron chi connectivity index (χ3n) is 5.32. The molecule has 0 bridgehead atoms. The highest BCUT2D eigenvalue weighted by molar-refractivity contribution is 5.79. The molecular formula is C23H24N2O2. The average Bonchev–Trinajstić information content (AvgIpc) is 3.41. The van der Waals surface area contributed by atoms with Crippen LogP contribution in [-0.4, -0.2) is 35.6 Å². The quantitative estimate of drug-likeness (QED) is 0.688. The highest BCUT2D eigenvalue weighted by Gasteiger charge is 2.27. The molecule has 4 nitrogen and oxygen atoms in total. The van der Waals surface area contributed by atoms with E-state index in [-0.39, 0.29) is 5.91 Å². The Balaban J connectivity index is 1.36. The summed E-state index contributed by atoms with van der Waals surface area (Å²) in [6, 6.07) is 20.4. The summed E-state index contributed by atoms with van der Waals surface area (Å²) in [5.41, 5.74) is 3.45. The van der Waals surface area contributed by atoms with E-state index in [1.165, 1.54) is 5.56 Å². The van der Waals surface area contributed by atoms with Gasteiger partial charge in [-0.3, -0.25) is 4.79 Å². The molecule has 1 aromatic heterocycles. The molecule has 1 unspecified atom stereocenters. The topological polar surface area (TPSA) is 34.5 Å². The Morgan fingerprint density at radius 2 is 1.74 bits per heavy atom. The van der Waals surface area contributed by atoms with Gasteiger partial charge in [-0.1, -0.05) is 24.3 Å². The SMILES string of the molecule is COc1ccc(C2CCN(C(=O)Cc3ccc(-n4cccc4)cc3)C2)cc1. The van der Waals surface area contributed by atoms with Gasteiger partial charge in [0.25, 0.3) is 0 Å². The lowest BCUT2D eigenvalue weighted by atomic mass is 9.98. The van der Waals surface area contributed by atoms with Crippen LogP contribution in [0.3, 0.4) is 0 Å². The number of rotatable bonds is 5. The van der Waals surface area contributed by atoms with Crippen molar-refractivity contribution < 1.29 is 9.53 Å². The molecule has 1 atom stereocenters. The van der Waals surface area contributed by atoms with Crippen molar-refractivity contribution in [3.63, 3.8) is 0 Å². The van der Waals surface area contributed by atoms with E-state index in [1.807, 2.05) is 53.7 Å². The molecule has 0 N–H and O–H groups in total. The molecule has 27 heavy (non-hydrogen) atoms. The second kappa shape index (κ2) is 7.70. The second-order valence-corrected chi connectivity index (χ2v) is 7.03. The van der Waals surface area contributed by atoms with Crippen LogP contribution in [0, 0.1) is 0 Å². The van der Waals surface area contributed by atoms with Gasteiger partial charge in [0, 0.05) is 37.1 Å². The van der Waals surface area contributed by atoms with Crippen molar-refractivity contribution in [2.24, 2.45) is 0 Å². The third-order valence-corrected chi connectivity index (χ3v) is 5.32. The van der Waals surface area contributed by atoms with Crippen molar-refractivity contribution >= 4 is 5.91 Å². The van der Waals surface area contributed by atoms with Gasteiger partial charge in [-0.2, -0.15) is 0 Å². The summed E-state index contributed by atoms with van der Waals surface area (Å²) in [5.74, 6) is 1.49. The summed E-state index contributed by atoms with van der Waals surface area (Å²) in [6.07, 6.45) is 5.51. The number of amides is 1. The van der Waals surface area contributed by atoms with E-state index in [9.17, 15) is 4.79 Å². The van der Waals surface area contributed by atoms with Gasteiger partial charge < -0.3 is 14.2 Å². The predicted octanol–water partition coefficient (Wildman–Crippen LogP) is 4.04. The molecule has 0 radical (unpaired) electrons. The lowest BCUT2D eigenvalue weighted by molar-refractivity contribution is -0.129. The normalized spacial score (nSPS) is 16.5. The first-order valence-corrected chi connectivity index (χ1v) is 9.37. The molecule has 2 heterocycles. The first-order valence-electron chi connectivity index (χ1n) is 9.37. The van der Waals surface area contributed by atoms with Crippen molar-refractivity contribution in [1.82, 2.24) is 9.47 Å². The maximum absolute atomic E-state index is 12.7. The van der Waals surface area contributed by atoms with E-state index in [0.717, 1.165) is 36.5 Å². The van der Waals surface area contributed by atoms with Crippen LogP contribution in [0.5, 0.6) is 5.75 Å². The molecule has 1 aliphatic rings. The fraction of sp³-hybridized carbons (Fsp3) is 0.261. The van der Waals surface area contributed by atoms with Gasteiger partial charge in [0.05, 0.1) is 13.5 Å². The van der Waals surface area contributed by atoms with Crippen molar-refractivity contribution in [3.8, 4) is 11.4 Å². The first kappa shape index (κ1) is 17.4. The molecule has 1 aliphatic heterocycles. The fourth-order valence-corrected chi connectivity index (χ4v) is 3.71. The maximum Gasteiger partial charge on any atom is 0.227 e. The Bertz CT molecular complexity index is 883. The van der Waals surface area contributed by atoms with Crippen LogP contribution < -0.4 is 4.74 Å². The molecule has 2 aromatic carbocycles. The summed E-state index contributed by atoms with van der Waals surface area (Å²) in [4.78, 5) is 14.7. The summed E-state index contributed by atoms with van der Waals surface area (Å²) in [7, 11) is 1.68. The Hall–Kier alpha value is -3.01. The molecule has 1 amide bonds. The smallest absolute Gasteiger partial charge is 0.227 e. The first-order chi connectivity index (χ1) is 13.2. The lowest BCUT2D eigenvalue weighted by Gasteiger charge is -2.17. The number of carbonyl (C=O) groups excluding carboxylic acids is 1. The molecule has 0 spiro atoms. The van der Waals surface area contributed by atoms with Gasteiger partial charge in [0.2, 0.25) is 5.91 Å². The van der Waals surface area contributed by atoms with Crippen LogP contribution in [0.25, 0.3) is 5.69 Å². The minimum absolute atomic E-state index is 0.208. The molecule has 4 heteroatoms. The lowest BCUT2D eigenvalue weighted by Crippen LogP contribution is -2.29. The van der Waals surface area contributed by atoms with E-state index >= 15 is 0 Å². The average molecular weight is 360 g/mol. The molecule has 0 aliphatic carbocycles. The van der Waals surface area contributed by atoms with Crippen molar-refractivity contribution in [1.29, 1.82) is 0 Å². The minimum atomic E-state index is 0.208. The number of hydrogen-bond donors (Lipinski definition) is 0. The standard InChI is InChI=1S/C23H24N2O2/c1-27-22-10-6-19(7-11-22)20-12-15-25(17-20)23(26)16-18-4-8-21(9-5-18)24-13-2-3-14-24/h2-11,13-14,20H,12,15-17H2,1H3. The van der Waals surface area contributed by atoms with Crippen LogP contribution in [-0.2, 0) is 11.2 Å². The van der Waals surface area contributed by atoms with E-state index < -0.39 is 0 Å². The van der Waals surface area contributed by atoms with Crippen LogP contribution in [0.4, 0.5) is 0 Å². The Kier molecular flexibility index (Phi) is 4.97. The number of hydrogen-bond acceptors (Lipinski definition) is 2. The second-order valence-electron chi connectivity index (χ2n) is 7.03. The van der Waals surface area contributed by atoms with Gasteiger partial charge in [-0.25, -0.2) is 0 Å². The summed E-state index contributed by atoms with van der Waals surface area (Å²) >= 11 is 0. The van der Waals surface area contributed by atoms with Crippen LogP contribution >= 0.6 is 0 Å². The van der Waals surface area contributed by atoms with Crippen molar-refractivity contribution in [2.45, 2.75) is 18.8 Å². The third kappa shape index (κ3) is 3.90. The zero-order valence-electron chi connectivity index (χ0n) is 15.5. The summed E-state index contributed by atoms with van der Waals surface area (Å²) in [6.45, 7) is 1.63. The fourth-order valence-electron chi connectivity index (χ4n) is 3.71. The van der Waals surface area contributed by atoms with Gasteiger partial charge in [-0.05, 0) is 53.9 Å². The van der Waals surface area contributed by atoms with Gasteiger partial charge in [0.1, 0.15) is 5.75 Å². The highest BCUT2D eigenvalue weighted by atomic mass is 16.5. The van der Waals surface area contributed by atoms with E-state index in [0.29, 0.717) is 12.3 Å². The number of likely N-dealkylation sites (tertiary alicyclic amines) is 1. The molecule has 0 saturated carbocycles. The molecule has 3 aromatic rings. The number of aromatic nitrogens is 1. The van der Waals surface area contributed by atoms with Gasteiger partial charge in [0.15, 0.2) is 0 Å². The monoisotopic (exact) mass is 360 g/mol. The predicted molar refractivity (Wildman–Crippen MR) is 106 cm³/mol. The Morgan fingerprint density at radius 3 is 2.41 bits per heavy atom. The largest absolute Gasteiger partial charge is 0.497 e. The highest BCUT2D eigenvalue weighted by Crippen LogP contribution is 2.28. The molecule has 4 rings (SSSR count). The van der Waals surface area contributed by atoms with Gasteiger partial charge >= 0.3 is 0 Å². The zero-order valence-corrected chi connectivity index (χ0v) is 15.5. The number of ether oxygens (including phenoxy) is 1. The summed E-state index contributed by atoms with van der Waals surface area (Å²) in [5, 5.41) is 0. The van der Waals surface area contributed by atoms with E-state index in [4.69, 9.17) is 4.74 Å². The van der Waals surface area contributed by atoms with Crippen molar-refractivity contribution in [2.75, 3.05) is 20.2 Å². The minimum Gasteiger partial charge on any atom is -0.497 e. The van der Waals surface area contributed by atoms with Crippen LogP contribution in [0.15, 0.2) is 73.1 Å². The molecule has 1 saturated heterocycles. The van der Waals surface area contributed by atoms with Gasteiger partial charge in [-0.15, -0.1) is 0 Å². The Labute approximate surface area is 160 Å². The molecule has 138 valence electrons. The number of benzene rings is 2. The van der Waals surface area contributed by atoms with Crippen LogP contribution in [0.1, 0.15) is 23.5 Å². The van der Waals surface area contributed by atoms with E-state index in [1.54, 1.807) is 7.11 Å². The summed E-state index contributed by atoms with van der Waals surface area (Å²) < 4.78 is 7.28. The maximum atomic E-state index is 12.7. The van der Waals surface area contributed by atoms with Crippen LogP contribution in [0.2, 0.25) is 0 Å². The van der Waals surface area contributed by atoms with Crippen molar-refractivity contribution in [3.05, 3.63) is 84.2 Å². The zero-order chi connectivity index (χ0) is 18.6. The number of methoxy groups -OCH3 is 1. The molecule has 1 fully saturated rings. The number of carbonyl (C=O) groups is 1. The number of nitrogens with zero attached hydrogens (tertiary/aromatic N) is 2. The molecular weight excluding hydrogens is 336 g/mol. The van der Waals surface area contributed by atoms with E-state index in [2.05, 4.69) is 28.8 Å².